The summed E-state index contributed by atoms with van der Waals surface area (Å²) in [4.78, 5) is 4.13. The molecule has 0 bridgehead atoms. The lowest BCUT2D eigenvalue weighted by Crippen LogP contribution is -1.97. The highest BCUT2D eigenvalue weighted by Crippen LogP contribution is 1.98. The van der Waals surface area contributed by atoms with Gasteiger partial charge in [0.25, 0.3) is 0 Å². The van der Waals surface area contributed by atoms with Crippen LogP contribution in [-0.2, 0) is 6.54 Å². The van der Waals surface area contributed by atoms with Crippen LogP contribution in [0.3, 0.4) is 0 Å². The van der Waals surface area contributed by atoms with Crippen LogP contribution in [0.25, 0.3) is 0 Å². The minimum absolute atomic E-state index is 0. The van der Waals surface area contributed by atoms with Gasteiger partial charge in [0.05, 0.1) is 0 Å². The number of aromatic nitrogens is 2. The zero-order valence-corrected chi connectivity index (χ0v) is 8.79. The summed E-state index contributed by atoms with van der Waals surface area (Å²) in [5.41, 5.74) is 0. The minimum Gasteiger partial charge on any atom is -0.335 e. The predicted octanol–water partition coefficient (Wildman–Crippen LogP) is 2.57. The summed E-state index contributed by atoms with van der Waals surface area (Å²) in [5.74, 6) is 1.12. The zero-order chi connectivity index (χ0) is 7.40. The van der Waals surface area contributed by atoms with Crippen LogP contribution in [0, 0.1) is 6.92 Å². The Hall–Kier alpha value is -0.310. The van der Waals surface area contributed by atoms with Gasteiger partial charge in [0, 0.05) is 18.9 Å². The molecule has 0 fully saturated rings. The predicted molar refractivity (Wildman–Crippen MR) is 52.2 cm³/mol. The number of nitrogens with zero attached hydrogens (tertiary/aromatic N) is 2. The number of hydrogen-bond acceptors (Lipinski definition) is 1. The van der Waals surface area contributed by atoms with Gasteiger partial charge in [-0.05, 0) is 13.3 Å². The van der Waals surface area contributed by atoms with Crippen molar-refractivity contribution in [3.63, 3.8) is 0 Å². The Labute approximate surface area is 78.4 Å². The summed E-state index contributed by atoms with van der Waals surface area (Å²) >= 11 is 0. The van der Waals surface area contributed by atoms with Gasteiger partial charge in [-0.3, -0.25) is 0 Å². The van der Waals surface area contributed by atoms with Crippen LogP contribution in [0.5, 0.6) is 0 Å². The second-order valence-electron chi connectivity index (χ2n) is 2.52. The molecule has 0 unspecified atom stereocenters. The Morgan fingerprint density at radius 3 is 2.73 bits per heavy atom. The minimum atomic E-state index is 0. The van der Waals surface area contributed by atoms with E-state index in [0.29, 0.717) is 0 Å². The second-order valence-corrected chi connectivity index (χ2v) is 2.52. The maximum atomic E-state index is 4.13. The molecular weight excluding hydrogens is 204 g/mol. The Balaban J connectivity index is 0.000001000. The lowest BCUT2D eigenvalue weighted by Gasteiger charge is -2.01. The maximum absolute atomic E-state index is 4.13. The Kier molecular flexibility index (Phi) is 5.20. The molecule has 0 amide bonds. The van der Waals surface area contributed by atoms with Gasteiger partial charge in [-0.2, -0.15) is 0 Å². The molecule has 0 aliphatic heterocycles. The summed E-state index contributed by atoms with van der Waals surface area (Å²) in [7, 11) is 0. The highest BCUT2D eigenvalue weighted by atomic mass is 79.9. The lowest BCUT2D eigenvalue weighted by atomic mass is 10.3. The normalized spacial score (nSPS) is 9.27. The van der Waals surface area contributed by atoms with Crippen LogP contribution in [0.2, 0.25) is 0 Å². The number of unbranched alkanes of at least 4 members (excludes halogenated alkanes) is 1. The van der Waals surface area contributed by atoms with Crippen molar-refractivity contribution in [2.75, 3.05) is 0 Å². The molecule has 64 valence electrons. The van der Waals surface area contributed by atoms with E-state index < -0.39 is 0 Å². The van der Waals surface area contributed by atoms with Crippen LogP contribution in [-0.4, -0.2) is 9.55 Å². The quantitative estimate of drug-likeness (QED) is 0.763. The Morgan fingerprint density at radius 1 is 1.55 bits per heavy atom. The number of hydrogen-bond donors (Lipinski definition) is 0. The van der Waals surface area contributed by atoms with Crippen LogP contribution in [0.4, 0.5) is 0 Å². The van der Waals surface area contributed by atoms with E-state index in [1.165, 1.54) is 12.8 Å². The Morgan fingerprint density at radius 2 is 2.27 bits per heavy atom. The zero-order valence-electron chi connectivity index (χ0n) is 7.08. The van der Waals surface area contributed by atoms with Gasteiger partial charge < -0.3 is 4.57 Å². The Bertz CT molecular complexity index is 196. The van der Waals surface area contributed by atoms with Crippen molar-refractivity contribution in [2.24, 2.45) is 0 Å². The highest BCUT2D eigenvalue weighted by Gasteiger charge is 1.93. The molecule has 11 heavy (non-hydrogen) atoms. The molecule has 0 N–H and O–H groups in total. The van der Waals surface area contributed by atoms with E-state index in [0.717, 1.165) is 12.4 Å². The molecule has 0 aliphatic carbocycles. The third-order valence-corrected chi connectivity index (χ3v) is 1.68. The van der Waals surface area contributed by atoms with Crippen molar-refractivity contribution >= 4 is 17.0 Å². The molecule has 0 aliphatic rings. The fraction of sp³-hybridized carbons (Fsp3) is 0.625. The molecule has 0 saturated carbocycles. The SMILES string of the molecule is Br.CCCCn1ccnc1C. The van der Waals surface area contributed by atoms with Crippen molar-refractivity contribution in [1.29, 1.82) is 0 Å². The molecule has 1 aromatic heterocycles. The van der Waals surface area contributed by atoms with Gasteiger partial charge in [0.1, 0.15) is 5.82 Å². The molecule has 1 heterocycles. The summed E-state index contributed by atoms with van der Waals surface area (Å²) in [5, 5.41) is 0. The van der Waals surface area contributed by atoms with Crippen molar-refractivity contribution in [2.45, 2.75) is 33.2 Å². The van der Waals surface area contributed by atoms with Crippen LogP contribution in [0.15, 0.2) is 12.4 Å². The second kappa shape index (κ2) is 5.35. The van der Waals surface area contributed by atoms with E-state index in [4.69, 9.17) is 0 Å². The van der Waals surface area contributed by atoms with Crippen molar-refractivity contribution < 1.29 is 0 Å². The molecule has 2 nitrogen and oxygen atoms in total. The molecule has 0 radical (unpaired) electrons. The average Bonchev–Trinajstić information content (AvgIpc) is 2.31. The van der Waals surface area contributed by atoms with E-state index in [1.807, 2.05) is 19.3 Å². The molecule has 1 aromatic rings. The van der Waals surface area contributed by atoms with Crippen LogP contribution in [0.1, 0.15) is 25.6 Å². The molecule has 0 atom stereocenters. The van der Waals surface area contributed by atoms with Gasteiger partial charge in [-0.1, -0.05) is 13.3 Å². The third kappa shape index (κ3) is 3.06. The van der Waals surface area contributed by atoms with Crippen molar-refractivity contribution in [3.8, 4) is 0 Å². The topological polar surface area (TPSA) is 17.8 Å². The molecule has 1 rings (SSSR count). The van der Waals surface area contributed by atoms with Gasteiger partial charge in [0.2, 0.25) is 0 Å². The van der Waals surface area contributed by atoms with Gasteiger partial charge in [-0.25, -0.2) is 4.98 Å². The van der Waals surface area contributed by atoms with Crippen molar-refractivity contribution in [1.82, 2.24) is 9.55 Å². The van der Waals surface area contributed by atoms with E-state index in [2.05, 4.69) is 16.5 Å². The van der Waals surface area contributed by atoms with E-state index >= 15 is 0 Å². The summed E-state index contributed by atoms with van der Waals surface area (Å²) in [6.45, 7) is 5.35. The van der Waals surface area contributed by atoms with Gasteiger partial charge in [-0.15, -0.1) is 17.0 Å². The van der Waals surface area contributed by atoms with E-state index in [-0.39, 0.29) is 17.0 Å². The highest BCUT2D eigenvalue weighted by molar-refractivity contribution is 8.93. The summed E-state index contributed by atoms with van der Waals surface area (Å²) in [6.07, 6.45) is 6.38. The first-order valence-corrected chi connectivity index (χ1v) is 3.82. The number of imidazole rings is 1. The third-order valence-electron chi connectivity index (χ3n) is 1.68. The largest absolute Gasteiger partial charge is 0.335 e. The molecule has 0 spiro atoms. The first kappa shape index (κ1) is 10.7. The monoisotopic (exact) mass is 218 g/mol. The summed E-state index contributed by atoms with van der Waals surface area (Å²) in [6, 6.07) is 0. The number of aryl methyl sites for hydroxylation is 2. The van der Waals surface area contributed by atoms with E-state index in [9.17, 15) is 0 Å². The average molecular weight is 219 g/mol. The van der Waals surface area contributed by atoms with Crippen LogP contribution < -0.4 is 0 Å². The smallest absolute Gasteiger partial charge is 0.105 e. The molecule has 0 saturated heterocycles. The standard InChI is InChI=1S/C8H14N2.BrH/c1-3-4-6-10-7-5-9-8(10)2;/h5,7H,3-4,6H2,1-2H3;1H. The molecular formula is C8H15BrN2. The lowest BCUT2D eigenvalue weighted by molar-refractivity contribution is 0.616. The van der Waals surface area contributed by atoms with Crippen LogP contribution >= 0.6 is 17.0 Å². The fourth-order valence-corrected chi connectivity index (χ4v) is 0.969. The summed E-state index contributed by atoms with van der Waals surface area (Å²) < 4.78 is 2.18. The first-order valence-electron chi connectivity index (χ1n) is 3.82. The fourth-order valence-electron chi connectivity index (χ4n) is 0.969. The van der Waals surface area contributed by atoms with Gasteiger partial charge >= 0.3 is 0 Å². The van der Waals surface area contributed by atoms with Gasteiger partial charge in [0.15, 0.2) is 0 Å². The number of halogens is 1. The first-order chi connectivity index (χ1) is 4.84. The maximum Gasteiger partial charge on any atom is 0.105 e. The molecule has 3 heteroatoms. The number of rotatable bonds is 3. The van der Waals surface area contributed by atoms with E-state index in [1.54, 1.807) is 0 Å². The van der Waals surface area contributed by atoms with Crippen molar-refractivity contribution in [3.05, 3.63) is 18.2 Å². The molecule has 0 aromatic carbocycles.